The SMILES string of the molecule is CCCC(=O)OC[C@@H](O)CN(Cc1ccccc1)Cc1ccc(F)cc1. The van der Waals surface area contributed by atoms with Gasteiger partial charge >= 0.3 is 5.97 Å². The molecule has 1 N–H and O–H groups in total. The lowest BCUT2D eigenvalue weighted by atomic mass is 10.1. The normalized spacial score (nSPS) is 12.2. The first-order chi connectivity index (χ1) is 12.6. The largest absolute Gasteiger partial charge is 0.463 e. The number of ether oxygens (including phenoxy) is 1. The zero-order chi connectivity index (χ0) is 18.8. The maximum Gasteiger partial charge on any atom is 0.305 e. The highest BCUT2D eigenvalue weighted by molar-refractivity contribution is 5.69. The molecule has 0 saturated heterocycles. The summed E-state index contributed by atoms with van der Waals surface area (Å²) < 4.78 is 18.2. The van der Waals surface area contributed by atoms with E-state index in [1.165, 1.54) is 12.1 Å². The molecule has 4 nitrogen and oxygen atoms in total. The second kappa shape index (κ2) is 10.7. The molecule has 0 saturated carbocycles. The Morgan fingerprint density at radius 2 is 1.69 bits per heavy atom. The molecule has 0 heterocycles. The minimum Gasteiger partial charge on any atom is -0.463 e. The molecule has 0 amide bonds. The molecule has 0 aliphatic carbocycles. The van der Waals surface area contributed by atoms with Crippen LogP contribution < -0.4 is 0 Å². The average molecular weight is 359 g/mol. The number of nitrogens with zero attached hydrogens (tertiary/aromatic N) is 1. The van der Waals surface area contributed by atoms with Crippen LogP contribution in [0.15, 0.2) is 54.6 Å². The van der Waals surface area contributed by atoms with E-state index in [1.54, 1.807) is 12.1 Å². The van der Waals surface area contributed by atoms with Crippen LogP contribution in [0.3, 0.4) is 0 Å². The quantitative estimate of drug-likeness (QED) is 0.660. The molecule has 0 fully saturated rings. The lowest BCUT2D eigenvalue weighted by Gasteiger charge is -2.25. The van der Waals surface area contributed by atoms with E-state index >= 15 is 0 Å². The van der Waals surface area contributed by atoms with Gasteiger partial charge in [-0.3, -0.25) is 9.69 Å². The fourth-order valence-corrected chi connectivity index (χ4v) is 2.69. The van der Waals surface area contributed by atoms with Crippen molar-refractivity contribution < 1.29 is 19.0 Å². The molecule has 26 heavy (non-hydrogen) atoms. The first kappa shape index (κ1) is 20.1. The van der Waals surface area contributed by atoms with Gasteiger partial charge in [-0.1, -0.05) is 49.4 Å². The average Bonchev–Trinajstić information content (AvgIpc) is 2.63. The molecule has 0 bridgehead atoms. The molecule has 0 radical (unpaired) electrons. The number of carbonyl (C=O) groups is 1. The van der Waals surface area contributed by atoms with Crippen molar-refractivity contribution in [3.05, 3.63) is 71.5 Å². The molecule has 0 spiro atoms. The number of halogens is 1. The molecule has 2 aromatic carbocycles. The number of benzene rings is 2. The van der Waals surface area contributed by atoms with E-state index in [-0.39, 0.29) is 18.4 Å². The van der Waals surface area contributed by atoms with Gasteiger partial charge in [0.2, 0.25) is 0 Å². The summed E-state index contributed by atoms with van der Waals surface area (Å²) in [6, 6.07) is 16.3. The molecule has 0 aliphatic heterocycles. The second-order valence-corrected chi connectivity index (χ2v) is 6.37. The predicted molar refractivity (Wildman–Crippen MR) is 98.8 cm³/mol. The number of esters is 1. The van der Waals surface area contributed by atoms with Crippen molar-refractivity contribution in [1.82, 2.24) is 4.90 Å². The molecule has 2 rings (SSSR count). The number of hydrogen-bond donors (Lipinski definition) is 1. The van der Waals surface area contributed by atoms with Crippen molar-refractivity contribution in [2.75, 3.05) is 13.2 Å². The van der Waals surface area contributed by atoms with Crippen LogP contribution in [0.4, 0.5) is 4.39 Å². The summed E-state index contributed by atoms with van der Waals surface area (Å²) in [7, 11) is 0. The van der Waals surface area contributed by atoms with Crippen molar-refractivity contribution >= 4 is 5.97 Å². The molecule has 140 valence electrons. The molecule has 0 unspecified atom stereocenters. The number of rotatable bonds is 10. The zero-order valence-electron chi connectivity index (χ0n) is 15.1. The summed E-state index contributed by atoms with van der Waals surface area (Å²) in [5, 5.41) is 10.3. The Morgan fingerprint density at radius 1 is 1.08 bits per heavy atom. The third-order valence-electron chi connectivity index (χ3n) is 3.93. The van der Waals surface area contributed by atoms with Crippen LogP contribution in [0.1, 0.15) is 30.9 Å². The summed E-state index contributed by atoms with van der Waals surface area (Å²) >= 11 is 0. The lowest BCUT2D eigenvalue weighted by molar-refractivity contribution is -0.147. The molecule has 2 aromatic rings. The lowest BCUT2D eigenvalue weighted by Crippen LogP contribution is -2.34. The first-order valence-electron chi connectivity index (χ1n) is 8.91. The van der Waals surface area contributed by atoms with Gasteiger partial charge in [-0.2, -0.15) is 0 Å². The van der Waals surface area contributed by atoms with E-state index in [4.69, 9.17) is 4.74 Å². The monoisotopic (exact) mass is 359 g/mol. The number of carbonyl (C=O) groups excluding carboxylic acids is 1. The third-order valence-corrected chi connectivity index (χ3v) is 3.93. The summed E-state index contributed by atoms with van der Waals surface area (Å²) in [6.07, 6.45) is 0.301. The van der Waals surface area contributed by atoms with Crippen LogP contribution in [0, 0.1) is 5.82 Å². The van der Waals surface area contributed by atoms with Crippen molar-refractivity contribution in [2.24, 2.45) is 0 Å². The van der Waals surface area contributed by atoms with Gasteiger partial charge < -0.3 is 9.84 Å². The smallest absolute Gasteiger partial charge is 0.305 e. The minimum absolute atomic E-state index is 0.0203. The van der Waals surface area contributed by atoms with Crippen LogP contribution in [-0.4, -0.2) is 35.2 Å². The summed E-state index contributed by atoms with van der Waals surface area (Å²) in [5.41, 5.74) is 2.07. The Balaban J connectivity index is 1.97. The van der Waals surface area contributed by atoms with E-state index in [9.17, 15) is 14.3 Å². The van der Waals surface area contributed by atoms with Gasteiger partial charge in [-0.15, -0.1) is 0 Å². The summed E-state index contributed by atoms with van der Waals surface area (Å²) in [6.45, 7) is 3.44. The van der Waals surface area contributed by atoms with Crippen molar-refractivity contribution in [3.8, 4) is 0 Å². The molecular formula is C21H26FNO3. The highest BCUT2D eigenvalue weighted by Gasteiger charge is 2.15. The van der Waals surface area contributed by atoms with Gasteiger partial charge in [-0.25, -0.2) is 4.39 Å². The van der Waals surface area contributed by atoms with Crippen molar-refractivity contribution in [3.63, 3.8) is 0 Å². The van der Waals surface area contributed by atoms with Crippen LogP contribution in [0.2, 0.25) is 0 Å². The van der Waals surface area contributed by atoms with Gasteiger partial charge in [0.1, 0.15) is 18.5 Å². The Morgan fingerprint density at radius 3 is 2.31 bits per heavy atom. The van der Waals surface area contributed by atoms with Gasteiger partial charge in [0.05, 0.1) is 0 Å². The highest BCUT2D eigenvalue weighted by Crippen LogP contribution is 2.12. The van der Waals surface area contributed by atoms with E-state index in [0.717, 1.165) is 17.5 Å². The Kier molecular flexibility index (Phi) is 8.25. The molecule has 5 heteroatoms. The number of aliphatic hydroxyl groups is 1. The van der Waals surface area contributed by atoms with E-state index in [0.29, 0.717) is 26.1 Å². The molecule has 0 aromatic heterocycles. The van der Waals surface area contributed by atoms with Gasteiger partial charge in [0.15, 0.2) is 0 Å². The number of hydrogen-bond acceptors (Lipinski definition) is 4. The van der Waals surface area contributed by atoms with E-state index in [2.05, 4.69) is 4.90 Å². The fourth-order valence-electron chi connectivity index (χ4n) is 2.69. The minimum atomic E-state index is -0.778. The third kappa shape index (κ3) is 7.33. The zero-order valence-corrected chi connectivity index (χ0v) is 15.1. The van der Waals surface area contributed by atoms with E-state index in [1.807, 2.05) is 37.3 Å². The van der Waals surface area contributed by atoms with E-state index < -0.39 is 6.10 Å². The summed E-state index contributed by atoms with van der Waals surface area (Å²) in [4.78, 5) is 13.5. The van der Waals surface area contributed by atoms with Crippen LogP contribution >= 0.6 is 0 Å². The first-order valence-corrected chi connectivity index (χ1v) is 8.91. The highest BCUT2D eigenvalue weighted by atomic mass is 19.1. The van der Waals surface area contributed by atoms with Crippen LogP contribution in [0.5, 0.6) is 0 Å². The van der Waals surface area contributed by atoms with Gasteiger partial charge in [-0.05, 0) is 29.7 Å². The molecular weight excluding hydrogens is 333 g/mol. The van der Waals surface area contributed by atoms with Gasteiger partial charge in [0.25, 0.3) is 0 Å². The predicted octanol–water partition coefficient (Wildman–Crippen LogP) is 3.53. The van der Waals surface area contributed by atoms with Crippen LogP contribution in [-0.2, 0) is 22.6 Å². The van der Waals surface area contributed by atoms with Crippen molar-refractivity contribution in [1.29, 1.82) is 0 Å². The second-order valence-electron chi connectivity index (χ2n) is 6.37. The Hall–Kier alpha value is -2.24. The Labute approximate surface area is 154 Å². The topological polar surface area (TPSA) is 49.8 Å². The van der Waals surface area contributed by atoms with Gasteiger partial charge in [0, 0.05) is 26.1 Å². The van der Waals surface area contributed by atoms with Crippen LogP contribution in [0.25, 0.3) is 0 Å². The molecule has 1 atom stereocenters. The Bertz CT molecular complexity index is 661. The standard InChI is InChI=1S/C21H26FNO3/c1-2-6-21(25)26-16-20(24)15-23(13-17-7-4-3-5-8-17)14-18-9-11-19(22)12-10-18/h3-5,7-12,20,24H,2,6,13-16H2,1H3/t20-/m0/s1. The summed E-state index contributed by atoms with van der Waals surface area (Å²) in [5.74, 6) is -0.564. The maximum atomic E-state index is 13.1. The molecule has 0 aliphatic rings. The maximum absolute atomic E-state index is 13.1. The van der Waals surface area contributed by atoms with Crippen molar-refractivity contribution in [2.45, 2.75) is 39.0 Å². The fraction of sp³-hybridized carbons (Fsp3) is 0.381. The number of aliphatic hydroxyl groups excluding tert-OH is 1.